The van der Waals surface area contributed by atoms with Gasteiger partial charge in [-0.05, 0) is 250 Å². The van der Waals surface area contributed by atoms with E-state index in [2.05, 4.69) is 116 Å². The van der Waals surface area contributed by atoms with Crippen LogP contribution in [0.5, 0.6) is 0 Å². The maximum absolute atomic E-state index is 13.3. The number of aliphatic hydroxyl groups excluding tert-OH is 2. The smallest absolute Gasteiger partial charge is 0.456 e. The third-order valence-corrected chi connectivity index (χ3v) is 31.0. The molecule has 145 heavy (non-hydrogen) atoms. The third-order valence-electron chi connectivity index (χ3n) is 26.1. The van der Waals surface area contributed by atoms with E-state index in [-0.39, 0.29) is 127 Å². The van der Waals surface area contributed by atoms with Crippen LogP contribution in [0.4, 0.5) is 76.0 Å². The maximum Gasteiger partial charge on any atom is 0.495 e. The monoisotopic (exact) mass is 2190 g/mol. The summed E-state index contributed by atoms with van der Waals surface area (Å²) >= 11 is 8.00. The first-order valence-corrected chi connectivity index (χ1v) is 52.7. The molecule has 12 aromatic rings. The fourth-order valence-electron chi connectivity index (χ4n) is 17.8. The molecule has 4 aliphatic carbocycles. The van der Waals surface area contributed by atoms with Gasteiger partial charge in [0.05, 0.1) is 64.9 Å². The Morgan fingerprint density at radius 3 is 0.986 bits per heavy atom. The molecule has 1 aliphatic heterocycles. The van der Waals surface area contributed by atoms with E-state index in [0.29, 0.717) is 124 Å². The number of halogens is 13. The summed E-state index contributed by atoms with van der Waals surface area (Å²) in [5, 5.41) is 42.9. The van der Waals surface area contributed by atoms with Gasteiger partial charge in [0.2, 0.25) is 46.2 Å². The zero-order chi connectivity index (χ0) is 105. The number of ketones is 4. The molecular formula is C98H111BBrF12N13O15S5. The molecular weight excluding hydrogens is 2080 g/mol. The highest BCUT2D eigenvalue weighted by molar-refractivity contribution is 9.08. The van der Waals surface area contributed by atoms with E-state index < -0.39 is 76.4 Å². The van der Waals surface area contributed by atoms with Gasteiger partial charge < -0.3 is 58.5 Å². The van der Waals surface area contributed by atoms with Gasteiger partial charge in [-0.2, -0.15) is 61.1 Å². The lowest BCUT2D eigenvalue weighted by atomic mass is 9.81. The predicted octanol–water partition coefficient (Wildman–Crippen LogP) is 22.5. The first-order valence-electron chi connectivity index (χ1n) is 46.6. The Morgan fingerprint density at radius 2 is 0.717 bits per heavy atom. The Morgan fingerprint density at radius 1 is 0.441 bits per heavy atom. The number of anilines is 4. The summed E-state index contributed by atoms with van der Waals surface area (Å²) in [5.74, 6) is 1.15. The van der Waals surface area contributed by atoms with Crippen molar-refractivity contribution in [2.45, 2.75) is 225 Å². The maximum atomic E-state index is 13.3. The van der Waals surface area contributed by atoms with Crippen LogP contribution in [0.2, 0.25) is 0 Å². The Hall–Kier alpha value is -10.5. The molecule has 0 unspecified atom stereocenters. The Balaban J connectivity index is 0.000000165. The van der Waals surface area contributed by atoms with Gasteiger partial charge in [0.1, 0.15) is 71.6 Å². The van der Waals surface area contributed by atoms with Crippen molar-refractivity contribution >= 4 is 131 Å². The van der Waals surface area contributed by atoms with Crippen molar-refractivity contribution in [3.8, 4) is 0 Å². The zero-order valence-electron chi connectivity index (χ0n) is 80.7. The van der Waals surface area contributed by atoms with Gasteiger partial charge in [-0.1, -0.05) is 70.3 Å². The molecule has 12 atom stereocenters. The van der Waals surface area contributed by atoms with Gasteiger partial charge in [0.25, 0.3) is 0 Å². The number of nitrogens with two attached hydrogens (primary N) is 1. The van der Waals surface area contributed by atoms with Crippen LogP contribution in [-0.4, -0.2) is 144 Å². The number of aliphatic hydroxyl groups is 2. The molecule has 28 nitrogen and oxygen atoms in total. The number of thiophene rings is 4. The highest BCUT2D eigenvalue weighted by Gasteiger charge is 2.52. The zero-order valence-corrected chi connectivity index (χ0v) is 86.4. The topological polar surface area (TPSA) is 400 Å². The second-order valence-corrected chi connectivity index (χ2v) is 42.7. The molecule has 782 valence electrons. The van der Waals surface area contributed by atoms with Crippen LogP contribution in [0.1, 0.15) is 264 Å². The quantitative estimate of drug-likeness (QED) is 0.00951. The van der Waals surface area contributed by atoms with E-state index >= 15 is 0 Å². The number of aromatic nitrogens is 8. The second-order valence-electron chi connectivity index (χ2n) is 37.3. The lowest BCUT2D eigenvalue weighted by Gasteiger charge is -2.32. The molecule has 0 aromatic carbocycles. The van der Waals surface area contributed by atoms with Gasteiger partial charge in [-0.3, -0.25) is 23.4 Å². The molecule has 17 rings (SSSR count). The van der Waals surface area contributed by atoms with Crippen molar-refractivity contribution in [1.82, 2.24) is 39.9 Å². The number of rotatable bonds is 30. The van der Waals surface area contributed by atoms with Crippen LogP contribution in [0, 0.1) is 47.3 Å². The Labute approximate surface area is 854 Å². The predicted molar refractivity (Wildman–Crippen MR) is 527 cm³/mol. The standard InChI is InChI=1S/C23H32BN3O3S.C23H24F3N3O2S.C22H23F3N4O5S2.C22H22F3N3O3S.C6H4BrF3O.C2H6O/c1-7-15-9-17(8-14(15)2)27-21-18(11-25-13-26-21)20(28)19-10-16(12-31-19)24-29-22(3,4)23(5,6)30-24;1-3-15-9-16(6-13(15)2)29-22-18(10-27-12-28-22)21(30)19-8-14(11-32-19)7-17-4-5-20(31-17)23(24,25)26;1-12-4-15(7-14(12)9-33-36(26,31)32)29-21-17(8-27-11-28-21)20(30)18-6-13(10-35-18)5-16-2-3-19(34-16)22(23,24)25;1-12-4-15(7-14(12)9-29)28-21-17(8-26-11-27-21)20(30)18-6-13(10-32-18)5-16-2-3-19(31-16)22(23,24)25;7-3-4-1-2-5(11-4)6(8,9)10;1-2-3/h10-15,17H,7-9H2,1-6H3,(H,25,26,27);4-5,8,10-13,15-16H,3,6-7,9H2,1-2H3,(H,27,28,29);2-3,6,8,10-12,14-15H,4-5,7,9H2,1H3,(H2,26,31,32)(H,27,28,29);2-3,6,8,10-12,14-15,29H,4-5,7,9H2,1H3,(H,26,27,28);1-2H,3H2;3H,2H2,1H3/t14-,15-,17-;13-,15-,16-;2*12-,14+,15-;;/m0000../s1. The summed E-state index contributed by atoms with van der Waals surface area (Å²) in [5.41, 5.74) is 3.56. The molecule has 0 bridgehead atoms. The van der Waals surface area contributed by atoms with Crippen molar-refractivity contribution in [2.75, 3.05) is 41.1 Å². The summed E-state index contributed by atoms with van der Waals surface area (Å²) in [7, 11) is -4.50. The number of nitrogens with one attached hydrogen (secondary N) is 4. The molecule has 0 radical (unpaired) electrons. The number of hydrogen-bond acceptors (Lipinski definition) is 31. The van der Waals surface area contributed by atoms with E-state index in [9.17, 15) is 85.4 Å². The largest absolute Gasteiger partial charge is 0.495 e. The minimum absolute atomic E-state index is 0.0220. The summed E-state index contributed by atoms with van der Waals surface area (Å²) in [4.78, 5) is 88.0. The molecule has 8 N–H and O–H groups in total. The lowest BCUT2D eigenvalue weighted by molar-refractivity contribution is -0.154. The SMILES string of the molecule is CCO.CC[C@H]1C[C@@H](Nc2ncncc2C(=O)c2cc(B3OC(C)(C)C(C)(C)O3)cs2)C[C@@H]1C.CC[C@H]1C[C@@H](Nc2ncncc2C(=O)c2cc(Cc3ccc(C(F)(F)F)o3)cs2)C[C@@H]1C.C[C@H]1C[C@H](Nc2ncncc2C(=O)c2cc(Cc3ccc(C(F)(F)F)o3)cs2)C[C@@H]1CO.C[C@H]1C[C@H](Nc2ncncc2C(=O)c2cc(Cc3ccc(C(F)(F)F)o3)cs2)C[C@@H]1COS(N)(=O)=O.FC(F)(F)c1ccc(CBr)o1. The number of hydrogen-bond donors (Lipinski definition) is 7. The molecule has 0 spiro atoms. The molecule has 5 fully saturated rings. The number of furan rings is 4. The van der Waals surface area contributed by atoms with E-state index in [1.165, 1.54) is 109 Å². The lowest BCUT2D eigenvalue weighted by Crippen LogP contribution is -2.41. The first kappa shape index (κ1) is 113. The van der Waals surface area contributed by atoms with E-state index in [4.69, 9.17) is 37.0 Å². The van der Waals surface area contributed by atoms with Gasteiger partial charge in [0, 0.05) is 81.4 Å². The first-order chi connectivity index (χ1) is 68.4. The van der Waals surface area contributed by atoms with Crippen molar-refractivity contribution < 1.29 is 122 Å². The number of nitrogens with zero attached hydrogens (tertiary/aromatic N) is 8. The average Bonchev–Trinajstić information content (AvgIpc) is 1.61. The molecule has 0 amide bonds. The summed E-state index contributed by atoms with van der Waals surface area (Å²) < 4.78 is 208. The average molecular weight is 2190 g/mol. The van der Waals surface area contributed by atoms with Crippen molar-refractivity contribution in [3.05, 3.63) is 249 Å². The highest BCUT2D eigenvalue weighted by Crippen LogP contribution is 2.44. The van der Waals surface area contributed by atoms with Crippen LogP contribution in [0.25, 0.3) is 0 Å². The molecule has 4 saturated carbocycles. The number of carbonyl (C=O) groups excluding carboxylic acids is 4. The van der Waals surface area contributed by atoms with Crippen molar-refractivity contribution in [1.29, 1.82) is 0 Å². The van der Waals surface area contributed by atoms with Crippen LogP contribution >= 0.6 is 61.3 Å². The van der Waals surface area contributed by atoms with Gasteiger partial charge in [0.15, 0.2) is 0 Å². The van der Waals surface area contributed by atoms with Crippen LogP contribution < -0.4 is 31.9 Å². The molecule has 12 aromatic heterocycles. The second kappa shape index (κ2) is 49.1. The van der Waals surface area contributed by atoms with E-state index in [1.54, 1.807) is 47.5 Å². The van der Waals surface area contributed by atoms with Crippen LogP contribution in [0.15, 0.2) is 162 Å². The minimum atomic E-state index is -4.56. The number of alkyl halides is 13. The van der Waals surface area contributed by atoms with Gasteiger partial charge >= 0.3 is 42.1 Å². The van der Waals surface area contributed by atoms with Crippen LogP contribution in [-0.2, 0) is 73.1 Å². The molecule has 13 heterocycles. The van der Waals surface area contributed by atoms with E-state index in [0.717, 1.165) is 91.9 Å². The summed E-state index contributed by atoms with van der Waals surface area (Å²) in [6, 6.07) is 16.2. The molecule has 5 aliphatic rings. The van der Waals surface area contributed by atoms with Crippen molar-refractivity contribution in [3.63, 3.8) is 0 Å². The third kappa shape index (κ3) is 30.7. The fourth-order valence-corrected chi connectivity index (χ4v) is 21.9. The fraction of sp³-hybridized carbons (Fsp3) is 0.469. The number of carbonyl (C=O) groups is 4. The Bertz CT molecular complexity index is 6250. The normalized spacial score (nSPS) is 21.2. The summed E-state index contributed by atoms with van der Waals surface area (Å²) in [6.45, 7) is 23.2. The molecule has 47 heteroatoms. The van der Waals surface area contributed by atoms with Crippen LogP contribution in [0.3, 0.4) is 0 Å². The van der Waals surface area contributed by atoms with Gasteiger partial charge in [-0.15, -0.1) is 45.3 Å². The van der Waals surface area contributed by atoms with Crippen molar-refractivity contribution in [2.24, 2.45) is 52.5 Å². The molecule has 1 saturated heterocycles. The highest BCUT2D eigenvalue weighted by atomic mass is 79.9. The Kier molecular flexibility index (Phi) is 38.4. The van der Waals surface area contributed by atoms with Gasteiger partial charge in [-0.25, -0.2) is 45.0 Å². The minimum Gasteiger partial charge on any atom is -0.456 e. The summed E-state index contributed by atoms with van der Waals surface area (Å²) in [6.07, 6.45) is 3.62. The van der Waals surface area contributed by atoms with E-state index in [1.807, 2.05) is 46.1 Å².